The van der Waals surface area contributed by atoms with Crippen molar-refractivity contribution >= 4 is 5.91 Å². The number of benzene rings is 1. The number of likely N-dealkylation sites (N-methyl/N-ethyl adjacent to an activating group) is 1. The molecule has 0 saturated carbocycles. The van der Waals surface area contributed by atoms with Crippen molar-refractivity contribution in [3.63, 3.8) is 0 Å². The smallest absolute Gasteiger partial charge is 0.225 e. The Kier molecular flexibility index (Phi) is 5.45. The Morgan fingerprint density at radius 2 is 2.12 bits per heavy atom. The van der Waals surface area contributed by atoms with Crippen LogP contribution in [0.3, 0.4) is 0 Å². The quantitative estimate of drug-likeness (QED) is 0.405. The summed E-state index contributed by atoms with van der Waals surface area (Å²) in [7, 11) is 1.61. The Balaban J connectivity index is 1.43. The normalized spacial score (nSPS) is 13.1. The lowest BCUT2D eigenvalue weighted by Gasteiger charge is -2.16. The lowest BCUT2D eigenvalue weighted by Crippen LogP contribution is -2.26. The Morgan fingerprint density at radius 1 is 1.26 bits per heavy atom. The lowest BCUT2D eigenvalue weighted by molar-refractivity contribution is -0.120. The van der Waals surface area contributed by atoms with Gasteiger partial charge in [-0.3, -0.25) is 9.48 Å². The third-order valence-corrected chi connectivity index (χ3v) is 5.61. The number of hydrogen-bond acceptors (Lipinski definition) is 6. The number of hydrogen-bond donors (Lipinski definition) is 3. The van der Waals surface area contributed by atoms with Crippen molar-refractivity contribution in [1.29, 1.82) is 0 Å². The number of nitrogens with one attached hydrogen (secondary N) is 2. The summed E-state index contributed by atoms with van der Waals surface area (Å²) in [4.78, 5) is 24.1. The lowest BCUT2D eigenvalue weighted by atomic mass is 10.1. The predicted molar refractivity (Wildman–Crippen MR) is 126 cm³/mol. The van der Waals surface area contributed by atoms with Gasteiger partial charge in [-0.15, -0.1) is 0 Å². The van der Waals surface area contributed by atoms with Crippen LogP contribution in [0.1, 0.15) is 19.5 Å². The average molecular weight is 462 g/mol. The number of aliphatic hydroxyl groups is 1. The molecule has 0 aliphatic carbocycles. The van der Waals surface area contributed by atoms with Gasteiger partial charge >= 0.3 is 0 Å². The molecule has 0 radical (unpaired) electrons. The maximum Gasteiger partial charge on any atom is 0.225 e. The Hall–Kier alpha value is -3.92. The minimum absolute atomic E-state index is 0.0803. The number of aromatic amines is 1. The van der Waals surface area contributed by atoms with Gasteiger partial charge in [-0.05, 0) is 31.5 Å². The maximum atomic E-state index is 11.6. The molecule has 1 amide bonds. The standard InChI is InChI=1S/C24H27N7O3/c1-24(2,33)14-31-12-16(10-27-31)15-4-5-18-20(8-15)34-7-6-30-13-19(29-23(18)30)22-26-11-17(28-22)9-21(32)25-3/h4-5,8,10-13,33H,6-7,9,14H2,1-3H3,(H,25,32)(H,26,28). The molecule has 3 aromatic heterocycles. The van der Waals surface area contributed by atoms with E-state index in [1.165, 1.54) is 0 Å². The number of H-pyrrole nitrogens is 1. The summed E-state index contributed by atoms with van der Waals surface area (Å²) in [5.41, 5.74) is 3.42. The number of aromatic nitrogens is 6. The zero-order chi connectivity index (χ0) is 23.9. The van der Waals surface area contributed by atoms with Crippen LogP contribution in [0, 0.1) is 0 Å². The van der Waals surface area contributed by atoms with Gasteiger partial charge in [0.05, 0.1) is 36.9 Å². The molecule has 4 aromatic rings. The number of imidazole rings is 2. The van der Waals surface area contributed by atoms with Crippen LogP contribution in [0.15, 0.2) is 43.0 Å². The van der Waals surface area contributed by atoms with Crippen molar-refractivity contribution in [2.75, 3.05) is 13.7 Å². The molecular formula is C24H27N7O3. The van der Waals surface area contributed by atoms with Crippen molar-refractivity contribution in [3.8, 4) is 39.8 Å². The van der Waals surface area contributed by atoms with Crippen LogP contribution in [0.4, 0.5) is 0 Å². The molecule has 0 fully saturated rings. The Morgan fingerprint density at radius 3 is 2.91 bits per heavy atom. The van der Waals surface area contributed by atoms with Gasteiger partial charge in [-0.25, -0.2) is 9.97 Å². The van der Waals surface area contributed by atoms with Crippen LogP contribution in [-0.4, -0.2) is 59.6 Å². The van der Waals surface area contributed by atoms with Crippen LogP contribution >= 0.6 is 0 Å². The summed E-state index contributed by atoms with van der Waals surface area (Å²) < 4.78 is 9.85. The van der Waals surface area contributed by atoms with Gasteiger partial charge in [0.25, 0.3) is 0 Å². The molecule has 4 heterocycles. The molecular weight excluding hydrogens is 434 g/mol. The molecule has 34 heavy (non-hydrogen) atoms. The van der Waals surface area contributed by atoms with Gasteiger partial charge in [0.1, 0.15) is 23.9 Å². The van der Waals surface area contributed by atoms with E-state index in [0.717, 1.165) is 34.0 Å². The van der Waals surface area contributed by atoms with Gasteiger partial charge in [0.2, 0.25) is 5.91 Å². The first-order chi connectivity index (χ1) is 16.3. The second kappa shape index (κ2) is 8.45. The molecule has 0 spiro atoms. The number of fused-ring (bicyclic) bond motifs is 3. The molecule has 0 saturated heterocycles. The summed E-state index contributed by atoms with van der Waals surface area (Å²) in [5.74, 6) is 2.10. The molecule has 0 unspecified atom stereocenters. The fraction of sp³-hybridized carbons (Fsp3) is 0.333. The number of carbonyl (C=O) groups is 1. The maximum absolute atomic E-state index is 11.6. The number of carbonyl (C=O) groups excluding carboxylic acids is 1. The Bertz CT molecular complexity index is 1340. The highest BCUT2D eigenvalue weighted by atomic mass is 16.5. The van der Waals surface area contributed by atoms with Gasteiger partial charge in [-0.2, -0.15) is 5.10 Å². The predicted octanol–water partition coefficient (Wildman–Crippen LogP) is 2.26. The number of rotatable bonds is 6. The van der Waals surface area contributed by atoms with E-state index in [1.807, 2.05) is 30.6 Å². The fourth-order valence-electron chi connectivity index (χ4n) is 4.01. The first kappa shape index (κ1) is 21.9. The van der Waals surface area contributed by atoms with E-state index in [9.17, 15) is 9.90 Å². The van der Waals surface area contributed by atoms with E-state index in [0.29, 0.717) is 31.2 Å². The van der Waals surface area contributed by atoms with E-state index < -0.39 is 5.60 Å². The highest BCUT2D eigenvalue weighted by Crippen LogP contribution is 2.36. The molecule has 10 heteroatoms. The first-order valence-electron chi connectivity index (χ1n) is 11.1. The Labute approximate surface area is 196 Å². The topological polar surface area (TPSA) is 123 Å². The largest absolute Gasteiger partial charge is 0.491 e. The molecule has 1 aliphatic heterocycles. The summed E-state index contributed by atoms with van der Waals surface area (Å²) >= 11 is 0. The second-order valence-electron chi connectivity index (χ2n) is 9.05. The molecule has 1 aliphatic rings. The van der Waals surface area contributed by atoms with Gasteiger partial charge < -0.3 is 24.7 Å². The number of amides is 1. The molecule has 3 N–H and O–H groups in total. The van der Waals surface area contributed by atoms with Crippen molar-refractivity contribution in [1.82, 2.24) is 34.6 Å². The number of nitrogens with zero attached hydrogens (tertiary/aromatic N) is 5. The third-order valence-electron chi connectivity index (χ3n) is 5.61. The van der Waals surface area contributed by atoms with E-state index in [-0.39, 0.29) is 12.3 Å². The molecule has 1 aromatic carbocycles. The second-order valence-corrected chi connectivity index (χ2v) is 9.05. The van der Waals surface area contributed by atoms with Crippen LogP contribution in [0.5, 0.6) is 5.75 Å². The molecule has 0 bridgehead atoms. The highest BCUT2D eigenvalue weighted by Gasteiger charge is 2.21. The van der Waals surface area contributed by atoms with Gasteiger partial charge in [0.15, 0.2) is 5.82 Å². The van der Waals surface area contributed by atoms with Crippen LogP contribution < -0.4 is 10.1 Å². The van der Waals surface area contributed by atoms with Gasteiger partial charge in [-0.1, -0.05) is 6.07 Å². The zero-order valence-electron chi connectivity index (χ0n) is 19.4. The fourth-order valence-corrected chi connectivity index (χ4v) is 4.01. The summed E-state index contributed by atoms with van der Waals surface area (Å²) in [6, 6.07) is 6.02. The van der Waals surface area contributed by atoms with E-state index in [1.54, 1.807) is 38.0 Å². The van der Waals surface area contributed by atoms with Crippen molar-refractivity contribution in [2.24, 2.45) is 0 Å². The zero-order valence-corrected chi connectivity index (χ0v) is 19.4. The summed E-state index contributed by atoms with van der Waals surface area (Å²) in [5, 5.41) is 17.0. The molecule has 0 atom stereocenters. The third kappa shape index (κ3) is 4.44. The summed E-state index contributed by atoms with van der Waals surface area (Å²) in [6.45, 7) is 5.09. The monoisotopic (exact) mass is 461 g/mol. The molecule has 5 rings (SSSR count). The molecule has 176 valence electrons. The van der Waals surface area contributed by atoms with Crippen LogP contribution in [0.25, 0.3) is 34.0 Å². The SMILES string of the molecule is CNC(=O)Cc1cnc(-c2cn3c(n2)-c2ccc(-c4cnn(CC(C)(C)O)c4)cc2OCC3)[nH]1. The van der Waals surface area contributed by atoms with Crippen LogP contribution in [-0.2, 0) is 24.3 Å². The van der Waals surface area contributed by atoms with Gasteiger partial charge in [0, 0.05) is 36.9 Å². The van der Waals surface area contributed by atoms with E-state index in [2.05, 4.69) is 25.0 Å². The van der Waals surface area contributed by atoms with Crippen molar-refractivity contribution < 1.29 is 14.6 Å². The molecule has 10 nitrogen and oxygen atoms in total. The minimum atomic E-state index is -0.841. The average Bonchev–Trinajstić information content (AvgIpc) is 3.51. The van der Waals surface area contributed by atoms with Crippen molar-refractivity contribution in [2.45, 2.75) is 39.0 Å². The van der Waals surface area contributed by atoms with Crippen molar-refractivity contribution in [3.05, 3.63) is 48.7 Å². The van der Waals surface area contributed by atoms with Crippen LogP contribution in [0.2, 0.25) is 0 Å². The minimum Gasteiger partial charge on any atom is -0.491 e. The first-order valence-corrected chi connectivity index (χ1v) is 11.1. The number of ether oxygens (including phenoxy) is 1. The highest BCUT2D eigenvalue weighted by molar-refractivity contribution is 5.78. The van der Waals surface area contributed by atoms with E-state index >= 15 is 0 Å². The van der Waals surface area contributed by atoms with E-state index in [4.69, 9.17) is 9.72 Å². The summed E-state index contributed by atoms with van der Waals surface area (Å²) in [6.07, 6.45) is 7.56.